The van der Waals surface area contributed by atoms with Crippen LogP contribution in [0.3, 0.4) is 0 Å². The van der Waals surface area contributed by atoms with E-state index in [1.165, 1.54) is 0 Å². The van der Waals surface area contributed by atoms with E-state index in [1.54, 1.807) is 17.0 Å². The van der Waals surface area contributed by atoms with Gasteiger partial charge in [0, 0.05) is 25.2 Å². The van der Waals surface area contributed by atoms with Gasteiger partial charge in [-0.2, -0.15) is 0 Å². The number of likely N-dealkylation sites (N-methyl/N-ethyl adjacent to an activating group) is 1. The fourth-order valence-electron chi connectivity index (χ4n) is 1.80. The van der Waals surface area contributed by atoms with Crippen LogP contribution in [-0.4, -0.2) is 49.4 Å². The summed E-state index contributed by atoms with van der Waals surface area (Å²) >= 11 is 12.0. The minimum atomic E-state index is -0.0718. The van der Waals surface area contributed by atoms with Crippen LogP contribution >= 0.6 is 23.2 Å². The summed E-state index contributed by atoms with van der Waals surface area (Å²) in [5.41, 5.74) is 6.47. The summed E-state index contributed by atoms with van der Waals surface area (Å²) in [4.78, 5) is 16.4. The molecule has 2 N–H and O–H groups in total. The van der Waals surface area contributed by atoms with Crippen molar-refractivity contribution in [2.24, 2.45) is 0 Å². The smallest absolute Gasteiger partial charge is 0.254 e. The summed E-state index contributed by atoms with van der Waals surface area (Å²) in [5.74, 6) is -0.0718. The summed E-state index contributed by atoms with van der Waals surface area (Å²) < 4.78 is 0. The zero-order valence-corrected chi connectivity index (χ0v) is 13.6. The van der Waals surface area contributed by atoms with Crippen LogP contribution in [0.15, 0.2) is 12.1 Å². The van der Waals surface area contributed by atoms with Gasteiger partial charge >= 0.3 is 0 Å². The highest BCUT2D eigenvalue weighted by molar-refractivity contribution is 6.39. The van der Waals surface area contributed by atoms with Gasteiger partial charge in [0.25, 0.3) is 5.91 Å². The highest BCUT2D eigenvalue weighted by Gasteiger charge is 2.17. The second kappa shape index (κ2) is 7.72. The number of rotatable bonds is 6. The third-order valence-electron chi connectivity index (χ3n) is 2.92. The maximum absolute atomic E-state index is 12.5. The van der Waals surface area contributed by atoms with Gasteiger partial charge in [0.1, 0.15) is 0 Å². The Kier molecular flexibility index (Phi) is 6.59. The largest absolute Gasteiger partial charge is 0.396 e. The topological polar surface area (TPSA) is 49.6 Å². The van der Waals surface area contributed by atoms with Crippen molar-refractivity contribution in [2.75, 3.05) is 39.5 Å². The molecule has 20 heavy (non-hydrogen) atoms. The maximum Gasteiger partial charge on any atom is 0.254 e. The van der Waals surface area contributed by atoms with Gasteiger partial charge in [0.05, 0.1) is 15.7 Å². The number of carbonyl (C=O) groups is 1. The van der Waals surface area contributed by atoms with Crippen LogP contribution in [0.25, 0.3) is 0 Å². The first-order valence-corrected chi connectivity index (χ1v) is 7.31. The van der Waals surface area contributed by atoms with Gasteiger partial charge in [-0.25, -0.2) is 0 Å². The average molecular weight is 318 g/mol. The van der Waals surface area contributed by atoms with Gasteiger partial charge < -0.3 is 15.5 Å². The molecule has 0 saturated carbocycles. The first-order chi connectivity index (χ1) is 9.36. The molecule has 1 aromatic rings. The van der Waals surface area contributed by atoms with Crippen LogP contribution in [0.4, 0.5) is 5.69 Å². The van der Waals surface area contributed by atoms with E-state index in [2.05, 4.69) is 0 Å². The summed E-state index contributed by atoms with van der Waals surface area (Å²) in [6.07, 6.45) is 0.898. The molecule has 1 aromatic carbocycles. The van der Waals surface area contributed by atoms with Gasteiger partial charge in [-0.3, -0.25) is 4.79 Å². The van der Waals surface area contributed by atoms with Gasteiger partial charge in [-0.05, 0) is 32.6 Å². The predicted molar refractivity (Wildman–Crippen MR) is 85.6 cm³/mol. The molecule has 0 heterocycles. The van der Waals surface area contributed by atoms with Crippen LogP contribution < -0.4 is 5.73 Å². The highest BCUT2D eigenvalue weighted by atomic mass is 35.5. The molecule has 112 valence electrons. The monoisotopic (exact) mass is 317 g/mol. The van der Waals surface area contributed by atoms with E-state index in [9.17, 15) is 4.79 Å². The lowest BCUT2D eigenvalue weighted by molar-refractivity contribution is 0.0745. The van der Waals surface area contributed by atoms with E-state index in [-0.39, 0.29) is 5.91 Å². The zero-order valence-electron chi connectivity index (χ0n) is 12.1. The second-order valence-corrected chi connectivity index (χ2v) is 5.76. The zero-order chi connectivity index (χ0) is 15.3. The van der Waals surface area contributed by atoms with Gasteiger partial charge in [0.15, 0.2) is 0 Å². The quantitative estimate of drug-likeness (QED) is 0.820. The van der Waals surface area contributed by atoms with Gasteiger partial charge in [0.2, 0.25) is 0 Å². The molecule has 0 aliphatic rings. The lowest BCUT2D eigenvalue weighted by Crippen LogP contribution is -2.37. The Balaban J connectivity index is 2.94. The van der Waals surface area contributed by atoms with Crippen molar-refractivity contribution in [3.63, 3.8) is 0 Å². The fourth-order valence-corrected chi connectivity index (χ4v) is 2.28. The molecule has 0 spiro atoms. The van der Waals surface area contributed by atoms with Crippen molar-refractivity contribution in [3.05, 3.63) is 27.7 Å². The van der Waals surface area contributed by atoms with Crippen molar-refractivity contribution in [2.45, 2.75) is 13.3 Å². The predicted octanol–water partition coefficient (Wildman–Crippen LogP) is 2.99. The lowest BCUT2D eigenvalue weighted by atomic mass is 10.1. The van der Waals surface area contributed by atoms with Gasteiger partial charge in [-0.15, -0.1) is 0 Å². The molecular weight excluding hydrogens is 297 g/mol. The molecular formula is C14H21Cl2N3O. The van der Waals surface area contributed by atoms with Crippen molar-refractivity contribution < 1.29 is 4.79 Å². The number of benzene rings is 1. The third-order valence-corrected chi connectivity index (χ3v) is 3.55. The molecule has 0 aliphatic heterocycles. The van der Waals surface area contributed by atoms with Gasteiger partial charge in [-0.1, -0.05) is 30.1 Å². The minimum Gasteiger partial charge on any atom is -0.396 e. The van der Waals surface area contributed by atoms with Crippen LogP contribution in [-0.2, 0) is 0 Å². The number of nitrogens with two attached hydrogens (primary N) is 1. The Hall–Kier alpha value is -0.970. The van der Waals surface area contributed by atoms with Crippen LogP contribution in [0.1, 0.15) is 23.7 Å². The molecule has 1 rings (SSSR count). The second-order valence-electron chi connectivity index (χ2n) is 4.95. The Labute approximate surface area is 130 Å². The molecule has 0 atom stereocenters. The summed E-state index contributed by atoms with van der Waals surface area (Å²) in [7, 11) is 3.96. The summed E-state index contributed by atoms with van der Waals surface area (Å²) in [5, 5.41) is 0.620. The normalized spacial score (nSPS) is 10.9. The first kappa shape index (κ1) is 17.1. The lowest BCUT2D eigenvalue weighted by Gasteiger charge is -2.24. The first-order valence-electron chi connectivity index (χ1n) is 6.55. The molecule has 0 aromatic heterocycles. The van der Waals surface area contributed by atoms with Crippen LogP contribution in [0.5, 0.6) is 0 Å². The molecule has 0 aliphatic carbocycles. The summed E-state index contributed by atoms with van der Waals surface area (Å²) in [6, 6.07) is 3.15. The Morgan fingerprint density at radius 1 is 1.15 bits per heavy atom. The number of hydrogen-bond donors (Lipinski definition) is 1. The number of hydrogen-bond acceptors (Lipinski definition) is 3. The standard InChI is InChI=1S/C14H21Cl2N3O/c1-4-5-19(7-6-18(2)3)14(20)10-8-11(15)13(17)12(16)9-10/h8-9H,4-7,17H2,1-3H3. The van der Waals surface area contributed by atoms with Crippen LogP contribution in [0, 0.1) is 0 Å². The Bertz CT molecular complexity index is 454. The molecule has 0 unspecified atom stereocenters. The van der Waals surface area contributed by atoms with E-state index in [4.69, 9.17) is 28.9 Å². The molecule has 0 radical (unpaired) electrons. The van der Waals surface area contributed by atoms with Crippen LogP contribution in [0.2, 0.25) is 10.0 Å². The molecule has 6 heteroatoms. The van der Waals surface area contributed by atoms with E-state index in [1.807, 2.05) is 25.9 Å². The minimum absolute atomic E-state index is 0.0718. The van der Waals surface area contributed by atoms with Crippen molar-refractivity contribution in [3.8, 4) is 0 Å². The summed E-state index contributed by atoms with van der Waals surface area (Å²) in [6.45, 7) is 4.21. The molecule has 0 fully saturated rings. The molecule has 4 nitrogen and oxygen atoms in total. The third kappa shape index (κ3) is 4.54. The number of carbonyl (C=O) groups excluding carboxylic acids is 1. The van der Waals surface area contributed by atoms with E-state index < -0.39 is 0 Å². The van der Waals surface area contributed by atoms with E-state index >= 15 is 0 Å². The molecule has 1 amide bonds. The Morgan fingerprint density at radius 3 is 2.15 bits per heavy atom. The number of nitrogens with zero attached hydrogens (tertiary/aromatic N) is 2. The van der Waals surface area contributed by atoms with Crippen molar-refractivity contribution >= 4 is 34.8 Å². The SMILES string of the molecule is CCCN(CCN(C)C)C(=O)c1cc(Cl)c(N)c(Cl)c1. The molecule has 0 saturated heterocycles. The number of nitrogen functional groups attached to an aromatic ring is 1. The Morgan fingerprint density at radius 2 is 1.70 bits per heavy atom. The van der Waals surface area contributed by atoms with E-state index in [0.717, 1.165) is 13.0 Å². The molecule has 0 bridgehead atoms. The maximum atomic E-state index is 12.5. The fraction of sp³-hybridized carbons (Fsp3) is 0.500. The van der Waals surface area contributed by atoms with E-state index in [0.29, 0.717) is 34.4 Å². The number of halogens is 2. The average Bonchev–Trinajstić information content (AvgIpc) is 2.39. The number of amides is 1. The van der Waals surface area contributed by atoms with Crippen molar-refractivity contribution in [1.82, 2.24) is 9.80 Å². The number of anilines is 1. The highest BCUT2D eigenvalue weighted by Crippen LogP contribution is 2.29. The van der Waals surface area contributed by atoms with Crippen molar-refractivity contribution in [1.29, 1.82) is 0 Å².